The molecule has 1 amide bonds. The van der Waals surface area contributed by atoms with Crippen LogP contribution in [0.4, 0.5) is 4.39 Å². The van der Waals surface area contributed by atoms with Crippen molar-refractivity contribution >= 4 is 15.9 Å². The summed E-state index contributed by atoms with van der Waals surface area (Å²) in [7, 11) is -1.16. The molecule has 3 aromatic carbocycles. The maximum atomic E-state index is 13.6. The Bertz CT molecular complexity index is 1230. The molecule has 35 heavy (non-hydrogen) atoms. The molecule has 3 aromatic rings. The molecule has 3 rings (SSSR count). The second-order valence-electron chi connectivity index (χ2n) is 7.93. The maximum absolute atomic E-state index is 13.6. The molecular weight excluding hydrogens is 471 g/mol. The molecule has 0 aliphatic heterocycles. The van der Waals surface area contributed by atoms with Crippen molar-refractivity contribution in [3.8, 4) is 11.5 Å². The number of hydrogen-bond donors (Lipinski definition) is 1. The summed E-state index contributed by atoms with van der Waals surface area (Å²) in [6, 6.07) is 19.1. The molecule has 7 nitrogen and oxygen atoms in total. The highest BCUT2D eigenvalue weighted by molar-refractivity contribution is 7.89. The fraction of sp³-hybridized carbons (Fsp3) is 0.269. The minimum Gasteiger partial charge on any atom is -0.493 e. The Morgan fingerprint density at radius 3 is 2.26 bits per heavy atom. The van der Waals surface area contributed by atoms with Crippen molar-refractivity contribution in [2.75, 3.05) is 27.3 Å². The van der Waals surface area contributed by atoms with Crippen LogP contribution in [0.15, 0.2) is 77.7 Å². The molecule has 0 fully saturated rings. The predicted octanol–water partition coefficient (Wildman–Crippen LogP) is 3.95. The quantitative estimate of drug-likeness (QED) is 0.431. The highest BCUT2D eigenvalue weighted by Gasteiger charge is 2.28. The lowest BCUT2D eigenvalue weighted by Crippen LogP contribution is -2.42. The van der Waals surface area contributed by atoms with Crippen molar-refractivity contribution in [1.29, 1.82) is 0 Å². The van der Waals surface area contributed by atoms with Gasteiger partial charge in [-0.1, -0.05) is 42.5 Å². The van der Waals surface area contributed by atoms with Gasteiger partial charge in [0.15, 0.2) is 11.5 Å². The second-order valence-corrected chi connectivity index (χ2v) is 9.87. The van der Waals surface area contributed by atoms with E-state index >= 15 is 0 Å². The average molecular weight is 501 g/mol. The molecule has 0 aliphatic rings. The van der Waals surface area contributed by atoms with Crippen LogP contribution in [0, 0.1) is 5.82 Å². The molecule has 0 saturated carbocycles. The normalized spacial score (nSPS) is 12.3. The fourth-order valence-electron chi connectivity index (χ4n) is 3.59. The minimum absolute atomic E-state index is 0.0115. The molecule has 0 spiro atoms. The monoisotopic (exact) mass is 500 g/mol. The van der Waals surface area contributed by atoms with Gasteiger partial charge in [0.1, 0.15) is 5.82 Å². The van der Waals surface area contributed by atoms with Crippen molar-refractivity contribution in [1.82, 2.24) is 9.62 Å². The number of ether oxygens (including phenoxy) is 2. The number of nitrogens with zero attached hydrogens (tertiary/aromatic N) is 1. The first-order valence-electron chi connectivity index (χ1n) is 11.1. The van der Waals surface area contributed by atoms with Crippen LogP contribution in [0.3, 0.4) is 0 Å². The lowest BCUT2D eigenvalue weighted by atomic mass is 10.1. The van der Waals surface area contributed by atoms with Gasteiger partial charge in [-0.3, -0.25) is 4.79 Å². The summed E-state index contributed by atoms with van der Waals surface area (Å²) < 4.78 is 52.0. The van der Waals surface area contributed by atoms with Crippen molar-refractivity contribution in [3.05, 3.63) is 89.7 Å². The Labute approximate surface area is 205 Å². The van der Waals surface area contributed by atoms with Gasteiger partial charge in [0.25, 0.3) is 0 Å². The van der Waals surface area contributed by atoms with Crippen LogP contribution in [0.25, 0.3) is 0 Å². The molecule has 0 heterocycles. The number of methoxy groups -OCH3 is 2. The van der Waals surface area contributed by atoms with Crippen molar-refractivity contribution in [2.45, 2.75) is 24.3 Å². The maximum Gasteiger partial charge on any atom is 0.243 e. The summed E-state index contributed by atoms with van der Waals surface area (Å²) in [4.78, 5) is 12.9. The van der Waals surface area contributed by atoms with Crippen molar-refractivity contribution < 1.29 is 27.1 Å². The van der Waals surface area contributed by atoms with Gasteiger partial charge in [0.05, 0.1) is 31.7 Å². The number of carbonyl (C=O) groups excluding carboxylic acids is 1. The highest BCUT2D eigenvalue weighted by atomic mass is 32.2. The molecular formula is C26H29FN2O5S. The number of hydrogen-bond acceptors (Lipinski definition) is 5. The van der Waals surface area contributed by atoms with Crippen LogP contribution in [0.1, 0.15) is 24.1 Å². The number of benzene rings is 3. The zero-order valence-corrected chi connectivity index (χ0v) is 20.7. The van der Waals surface area contributed by atoms with Gasteiger partial charge in [-0.15, -0.1) is 0 Å². The zero-order chi connectivity index (χ0) is 25.4. The van der Waals surface area contributed by atoms with Gasteiger partial charge < -0.3 is 14.8 Å². The molecule has 0 aliphatic carbocycles. The van der Waals surface area contributed by atoms with E-state index in [1.165, 1.54) is 44.6 Å². The third-order valence-corrected chi connectivity index (χ3v) is 7.39. The number of sulfonamides is 1. The number of rotatable bonds is 11. The molecule has 186 valence electrons. The molecule has 9 heteroatoms. The van der Waals surface area contributed by atoms with Crippen LogP contribution >= 0.6 is 0 Å². The molecule has 0 bridgehead atoms. The van der Waals surface area contributed by atoms with Gasteiger partial charge in [-0.2, -0.15) is 4.31 Å². The summed E-state index contributed by atoms with van der Waals surface area (Å²) in [6.07, 6.45) is 0.425. The first-order chi connectivity index (χ1) is 16.7. The van der Waals surface area contributed by atoms with Crippen molar-refractivity contribution in [3.63, 3.8) is 0 Å². The summed E-state index contributed by atoms with van der Waals surface area (Å²) in [5, 5.41) is 2.80. The Morgan fingerprint density at radius 1 is 0.971 bits per heavy atom. The van der Waals surface area contributed by atoms with Gasteiger partial charge in [-0.05, 0) is 48.7 Å². The van der Waals surface area contributed by atoms with E-state index in [9.17, 15) is 17.6 Å². The number of halogens is 1. The van der Waals surface area contributed by atoms with E-state index in [0.29, 0.717) is 17.7 Å². The molecule has 0 radical (unpaired) electrons. The van der Waals surface area contributed by atoms with Crippen LogP contribution < -0.4 is 14.8 Å². The van der Waals surface area contributed by atoms with E-state index in [1.54, 1.807) is 19.1 Å². The first-order valence-corrected chi connectivity index (χ1v) is 12.5. The molecule has 0 saturated heterocycles. The first kappa shape index (κ1) is 26.2. The smallest absolute Gasteiger partial charge is 0.243 e. The van der Waals surface area contributed by atoms with Gasteiger partial charge in [0, 0.05) is 12.6 Å². The largest absolute Gasteiger partial charge is 0.493 e. The van der Waals surface area contributed by atoms with E-state index in [4.69, 9.17) is 9.47 Å². The predicted molar refractivity (Wildman–Crippen MR) is 131 cm³/mol. The molecule has 0 aromatic heterocycles. The molecule has 0 unspecified atom stereocenters. The third-order valence-electron chi connectivity index (χ3n) is 5.55. The number of amides is 1. The van der Waals surface area contributed by atoms with E-state index in [1.807, 2.05) is 30.3 Å². The standard InChI is InChI=1S/C26H29FN2O5S/c1-19(21-9-11-22(27)12-10-21)28-26(30)18-29(16-15-20-7-5-4-6-8-20)35(31,32)23-13-14-24(33-2)25(17-23)34-3/h4-14,17,19H,15-16,18H2,1-3H3,(H,28,30)/t19-/m1/s1. The van der Waals surface area contributed by atoms with Gasteiger partial charge in [0.2, 0.25) is 15.9 Å². The average Bonchev–Trinajstić information content (AvgIpc) is 2.86. The number of nitrogens with one attached hydrogen (secondary N) is 1. The van der Waals surface area contributed by atoms with Gasteiger partial charge >= 0.3 is 0 Å². The zero-order valence-electron chi connectivity index (χ0n) is 19.9. The fourth-order valence-corrected chi connectivity index (χ4v) is 5.00. The minimum atomic E-state index is -4.04. The van der Waals surface area contributed by atoms with Crippen LogP contribution in [-0.2, 0) is 21.2 Å². The Hall–Kier alpha value is -3.43. The Kier molecular flexibility index (Phi) is 8.84. The second kappa shape index (κ2) is 11.8. The lowest BCUT2D eigenvalue weighted by molar-refractivity contribution is -0.121. The Balaban J connectivity index is 1.83. The SMILES string of the molecule is COc1ccc(S(=O)(=O)N(CCc2ccccc2)CC(=O)N[C@H](C)c2ccc(F)cc2)cc1OC. The van der Waals surface area contributed by atoms with E-state index in [0.717, 1.165) is 9.87 Å². The van der Waals surface area contributed by atoms with E-state index in [2.05, 4.69) is 5.32 Å². The topological polar surface area (TPSA) is 84.9 Å². The summed E-state index contributed by atoms with van der Waals surface area (Å²) in [5.74, 6) is -0.182. The summed E-state index contributed by atoms with van der Waals surface area (Å²) >= 11 is 0. The molecule has 1 atom stereocenters. The lowest BCUT2D eigenvalue weighted by Gasteiger charge is -2.23. The Morgan fingerprint density at radius 2 is 1.63 bits per heavy atom. The number of carbonyl (C=O) groups is 1. The molecule has 1 N–H and O–H groups in total. The van der Waals surface area contributed by atoms with Crippen LogP contribution in [0.5, 0.6) is 11.5 Å². The van der Waals surface area contributed by atoms with Crippen LogP contribution in [0.2, 0.25) is 0 Å². The van der Waals surface area contributed by atoms with Gasteiger partial charge in [-0.25, -0.2) is 12.8 Å². The van der Waals surface area contributed by atoms with E-state index < -0.39 is 22.0 Å². The summed E-state index contributed by atoms with van der Waals surface area (Å²) in [5.41, 5.74) is 1.65. The van der Waals surface area contributed by atoms with Crippen LogP contribution in [-0.4, -0.2) is 45.9 Å². The van der Waals surface area contributed by atoms with E-state index in [-0.39, 0.29) is 29.6 Å². The highest BCUT2D eigenvalue weighted by Crippen LogP contribution is 2.30. The van der Waals surface area contributed by atoms with Crippen molar-refractivity contribution in [2.24, 2.45) is 0 Å². The summed E-state index contributed by atoms with van der Waals surface area (Å²) in [6.45, 7) is 1.47. The third kappa shape index (κ3) is 6.80.